The minimum Gasteiger partial charge on any atom is -0.352 e. The van der Waals surface area contributed by atoms with E-state index in [0.29, 0.717) is 6.54 Å². The molecule has 0 bridgehead atoms. The van der Waals surface area contributed by atoms with E-state index in [2.05, 4.69) is 78.6 Å². The molecule has 1 aliphatic heterocycles. The summed E-state index contributed by atoms with van der Waals surface area (Å²) in [7, 11) is 1.80. The Balaban J connectivity index is 1.25. The lowest BCUT2D eigenvalue weighted by molar-refractivity contribution is 0.331. The zero-order chi connectivity index (χ0) is 21.3. The highest BCUT2D eigenvalue weighted by Crippen LogP contribution is 2.13. The SMILES string of the molecule is CN=C(NCc1ccc(CN2CCCC2)cc1)NCc1nccn1Cc1ccccc1. The third-order valence-corrected chi connectivity index (χ3v) is 5.72. The number of benzene rings is 2. The van der Waals surface area contributed by atoms with Gasteiger partial charge in [0.1, 0.15) is 5.82 Å². The highest BCUT2D eigenvalue weighted by molar-refractivity contribution is 5.79. The molecule has 1 aromatic heterocycles. The summed E-state index contributed by atoms with van der Waals surface area (Å²) < 4.78 is 2.16. The van der Waals surface area contributed by atoms with E-state index >= 15 is 0 Å². The van der Waals surface area contributed by atoms with Gasteiger partial charge in [-0.2, -0.15) is 0 Å². The lowest BCUT2D eigenvalue weighted by atomic mass is 10.1. The summed E-state index contributed by atoms with van der Waals surface area (Å²) in [4.78, 5) is 11.4. The third-order valence-electron chi connectivity index (χ3n) is 5.72. The quantitative estimate of drug-likeness (QED) is 0.437. The average Bonchev–Trinajstić information content (AvgIpc) is 3.48. The first-order valence-electron chi connectivity index (χ1n) is 11.1. The van der Waals surface area contributed by atoms with Gasteiger partial charge in [-0.25, -0.2) is 4.98 Å². The molecule has 2 N–H and O–H groups in total. The molecule has 1 aliphatic rings. The van der Waals surface area contributed by atoms with Crippen LogP contribution in [0.4, 0.5) is 0 Å². The van der Waals surface area contributed by atoms with Crippen LogP contribution in [-0.2, 0) is 26.2 Å². The van der Waals surface area contributed by atoms with Gasteiger partial charge < -0.3 is 15.2 Å². The van der Waals surface area contributed by atoms with E-state index in [1.54, 1.807) is 7.05 Å². The van der Waals surface area contributed by atoms with Crippen LogP contribution in [0.2, 0.25) is 0 Å². The fourth-order valence-corrected chi connectivity index (χ4v) is 3.96. The lowest BCUT2D eigenvalue weighted by Crippen LogP contribution is -2.37. The number of imidazole rings is 1. The highest BCUT2D eigenvalue weighted by atomic mass is 15.2. The highest BCUT2D eigenvalue weighted by Gasteiger charge is 2.11. The Morgan fingerprint density at radius 3 is 2.29 bits per heavy atom. The fraction of sp³-hybridized carbons (Fsp3) is 0.360. The van der Waals surface area contributed by atoms with Crippen molar-refractivity contribution in [3.8, 4) is 0 Å². The van der Waals surface area contributed by atoms with Gasteiger partial charge in [0.25, 0.3) is 0 Å². The monoisotopic (exact) mass is 416 g/mol. The topological polar surface area (TPSA) is 57.5 Å². The van der Waals surface area contributed by atoms with E-state index < -0.39 is 0 Å². The molecule has 0 aliphatic carbocycles. The first kappa shape index (κ1) is 21.1. The molecule has 0 unspecified atom stereocenters. The van der Waals surface area contributed by atoms with Crippen molar-refractivity contribution >= 4 is 5.96 Å². The second-order valence-corrected chi connectivity index (χ2v) is 8.04. The van der Waals surface area contributed by atoms with Crippen LogP contribution in [-0.4, -0.2) is 40.5 Å². The summed E-state index contributed by atoms with van der Waals surface area (Å²) >= 11 is 0. The Morgan fingerprint density at radius 2 is 1.55 bits per heavy atom. The molecule has 3 aromatic rings. The second-order valence-electron chi connectivity index (χ2n) is 8.04. The normalized spacial score (nSPS) is 14.7. The number of hydrogen-bond donors (Lipinski definition) is 2. The number of nitrogens with zero attached hydrogens (tertiary/aromatic N) is 4. The fourth-order valence-electron chi connectivity index (χ4n) is 3.96. The molecule has 1 saturated heterocycles. The molecule has 0 amide bonds. The number of aliphatic imine (C=N–C) groups is 1. The molecule has 0 radical (unpaired) electrons. The van der Waals surface area contributed by atoms with Gasteiger partial charge in [0.15, 0.2) is 5.96 Å². The number of hydrogen-bond acceptors (Lipinski definition) is 3. The summed E-state index contributed by atoms with van der Waals surface area (Å²) in [6.07, 6.45) is 6.53. The average molecular weight is 417 g/mol. The van der Waals surface area contributed by atoms with Crippen molar-refractivity contribution in [2.24, 2.45) is 4.99 Å². The summed E-state index contributed by atoms with van der Waals surface area (Å²) in [5.41, 5.74) is 3.90. The zero-order valence-electron chi connectivity index (χ0n) is 18.3. The van der Waals surface area contributed by atoms with Crippen molar-refractivity contribution < 1.29 is 0 Å². The predicted molar refractivity (Wildman–Crippen MR) is 126 cm³/mol. The van der Waals surface area contributed by atoms with Crippen LogP contribution in [0.5, 0.6) is 0 Å². The van der Waals surface area contributed by atoms with Crippen LogP contribution < -0.4 is 10.6 Å². The molecule has 0 spiro atoms. The van der Waals surface area contributed by atoms with Gasteiger partial charge in [-0.05, 0) is 42.6 Å². The molecule has 0 saturated carbocycles. The molecule has 4 rings (SSSR count). The molecular weight excluding hydrogens is 384 g/mol. The molecule has 162 valence electrons. The van der Waals surface area contributed by atoms with Crippen LogP contribution in [0.1, 0.15) is 35.4 Å². The Kier molecular flexibility index (Phi) is 7.34. The first-order valence-corrected chi connectivity index (χ1v) is 11.1. The van der Waals surface area contributed by atoms with Gasteiger partial charge in [0, 0.05) is 39.1 Å². The van der Waals surface area contributed by atoms with E-state index in [1.165, 1.54) is 42.6 Å². The van der Waals surface area contributed by atoms with E-state index in [4.69, 9.17) is 0 Å². The zero-order valence-corrected chi connectivity index (χ0v) is 18.3. The van der Waals surface area contributed by atoms with Gasteiger partial charge >= 0.3 is 0 Å². The van der Waals surface area contributed by atoms with Crippen LogP contribution in [0.25, 0.3) is 0 Å². The van der Waals surface area contributed by atoms with Gasteiger partial charge in [-0.1, -0.05) is 54.6 Å². The second kappa shape index (κ2) is 10.8. The Morgan fingerprint density at radius 1 is 0.871 bits per heavy atom. The maximum absolute atomic E-state index is 4.50. The molecule has 0 atom stereocenters. The van der Waals surface area contributed by atoms with Crippen molar-refractivity contribution in [3.63, 3.8) is 0 Å². The Hall–Kier alpha value is -3.12. The van der Waals surface area contributed by atoms with Crippen LogP contribution in [0, 0.1) is 0 Å². The number of guanidine groups is 1. The maximum Gasteiger partial charge on any atom is 0.191 e. The van der Waals surface area contributed by atoms with Gasteiger partial charge in [0.2, 0.25) is 0 Å². The summed E-state index contributed by atoms with van der Waals surface area (Å²) in [5, 5.41) is 6.78. The van der Waals surface area contributed by atoms with Crippen LogP contribution in [0.3, 0.4) is 0 Å². The molecule has 2 heterocycles. The van der Waals surface area contributed by atoms with Crippen molar-refractivity contribution in [3.05, 3.63) is 89.5 Å². The number of nitrogens with one attached hydrogen (secondary N) is 2. The number of aromatic nitrogens is 2. The number of rotatable bonds is 8. The summed E-state index contributed by atoms with van der Waals surface area (Å²) in [5.74, 6) is 1.76. The molecule has 6 nitrogen and oxygen atoms in total. The van der Waals surface area contributed by atoms with E-state index in [9.17, 15) is 0 Å². The van der Waals surface area contributed by atoms with Crippen molar-refractivity contribution in [2.45, 2.75) is 39.0 Å². The first-order chi connectivity index (χ1) is 15.3. The van der Waals surface area contributed by atoms with Crippen LogP contribution >= 0.6 is 0 Å². The Bertz CT molecular complexity index is 955. The van der Waals surface area contributed by atoms with Crippen molar-refractivity contribution in [1.82, 2.24) is 25.1 Å². The molecule has 31 heavy (non-hydrogen) atoms. The molecule has 2 aromatic carbocycles. The van der Waals surface area contributed by atoms with Gasteiger partial charge in [0.05, 0.1) is 6.54 Å². The van der Waals surface area contributed by atoms with Crippen molar-refractivity contribution in [2.75, 3.05) is 20.1 Å². The smallest absolute Gasteiger partial charge is 0.191 e. The summed E-state index contributed by atoms with van der Waals surface area (Å²) in [6, 6.07) is 19.3. The molecule has 1 fully saturated rings. The molecule has 6 heteroatoms. The molecular formula is C25H32N6. The van der Waals surface area contributed by atoms with E-state index in [-0.39, 0.29) is 0 Å². The number of likely N-dealkylation sites (tertiary alicyclic amines) is 1. The minimum atomic E-state index is 0.619. The minimum absolute atomic E-state index is 0.619. The van der Waals surface area contributed by atoms with Crippen LogP contribution in [0.15, 0.2) is 72.0 Å². The standard InChI is InChI=1S/C25H32N6/c1-26-25(28-17-21-9-11-23(12-10-21)19-30-14-5-6-15-30)29-18-24-27-13-16-31(24)20-22-7-3-2-4-8-22/h2-4,7-13,16H,5-6,14-15,17-20H2,1H3,(H2,26,28,29). The van der Waals surface area contributed by atoms with E-state index in [0.717, 1.165) is 31.4 Å². The van der Waals surface area contributed by atoms with Gasteiger partial charge in [-0.15, -0.1) is 0 Å². The summed E-state index contributed by atoms with van der Waals surface area (Å²) in [6.45, 7) is 5.69. The van der Waals surface area contributed by atoms with Gasteiger partial charge in [-0.3, -0.25) is 9.89 Å². The van der Waals surface area contributed by atoms with Crippen molar-refractivity contribution in [1.29, 1.82) is 0 Å². The van der Waals surface area contributed by atoms with E-state index in [1.807, 2.05) is 18.5 Å². The third kappa shape index (κ3) is 6.18. The predicted octanol–water partition coefficient (Wildman–Crippen LogP) is 3.39. The maximum atomic E-state index is 4.50. The largest absolute Gasteiger partial charge is 0.352 e. The lowest BCUT2D eigenvalue weighted by Gasteiger charge is -2.15. The Labute approximate surface area is 185 Å².